The fourth-order valence-corrected chi connectivity index (χ4v) is 2.87. The number of carbonyl (C=O) groups is 1. The van der Waals surface area contributed by atoms with Crippen molar-refractivity contribution in [2.75, 3.05) is 25.1 Å². The fourth-order valence-electron chi connectivity index (χ4n) is 2.87. The predicted octanol–water partition coefficient (Wildman–Crippen LogP) is 3.82. The van der Waals surface area contributed by atoms with Gasteiger partial charge in [0.1, 0.15) is 17.3 Å². The van der Waals surface area contributed by atoms with E-state index in [9.17, 15) is 13.6 Å². The third-order valence-corrected chi connectivity index (χ3v) is 4.54. The Morgan fingerprint density at radius 3 is 2.54 bits per heavy atom. The number of rotatable bonds is 9. The highest BCUT2D eigenvalue weighted by atomic mass is 19.1. The molecule has 0 unspecified atom stereocenters. The molecular weight excluding hydrogens is 368 g/mol. The lowest BCUT2D eigenvalue weighted by Gasteiger charge is -2.20. The maximum absolute atomic E-state index is 14.6. The summed E-state index contributed by atoms with van der Waals surface area (Å²) in [6, 6.07) is 4.07. The second-order valence-electron chi connectivity index (χ2n) is 7.13. The van der Waals surface area contributed by atoms with Gasteiger partial charge in [-0.25, -0.2) is 13.8 Å². The van der Waals surface area contributed by atoms with Crippen molar-refractivity contribution in [3.63, 3.8) is 0 Å². The van der Waals surface area contributed by atoms with Crippen LogP contribution in [0, 0.1) is 24.5 Å². The number of benzene rings is 1. The van der Waals surface area contributed by atoms with Crippen molar-refractivity contribution in [1.82, 2.24) is 9.97 Å². The summed E-state index contributed by atoms with van der Waals surface area (Å²) in [5, 5.41) is 8.69. The normalized spacial score (nSPS) is 13.4. The van der Waals surface area contributed by atoms with E-state index in [-0.39, 0.29) is 36.5 Å². The van der Waals surface area contributed by atoms with E-state index < -0.39 is 17.6 Å². The largest absolute Gasteiger partial charge is 0.481 e. The minimum absolute atomic E-state index is 0.0631. The third kappa shape index (κ3) is 5.15. The van der Waals surface area contributed by atoms with Crippen LogP contribution in [0.15, 0.2) is 18.2 Å². The number of hydrogen-bond acceptors (Lipinski definition) is 5. The lowest BCUT2D eigenvalue weighted by atomic mass is 10.1. The molecule has 1 N–H and O–H groups in total. The Morgan fingerprint density at radius 1 is 1.25 bits per heavy atom. The minimum atomic E-state index is -0.944. The van der Waals surface area contributed by atoms with Gasteiger partial charge >= 0.3 is 5.97 Å². The van der Waals surface area contributed by atoms with Crippen molar-refractivity contribution in [2.24, 2.45) is 5.92 Å². The average molecular weight is 391 g/mol. The fraction of sp³-hybridized carbons (Fsp3) is 0.450. The van der Waals surface area contributed by atoms with E-state index in [4.69, 9.17) is 9.84 Å². The number of aliphatic carboxylic acids is 1. The van der Waals surface area contributed by atoms with Gasteiger partial charge in [0.15, 0.2) is 5.82 Å². The molecule has 0 atom stereocenters. The van der Waals surface area contributed by atoms with Crippen LogP contribution in [-0.2, 0) is 4.79 Å². The summed E-state index contributed by atoms with van der Waals surface area (Å²) in [5.74, 6) is -1.30. The van der Waals surface area contributed by atoms with Crippen molar-refractivity contribution in [1.29, 1.82) is 0 Å². The average Bonchev–Trinajstić information content (AvgIpc) is 3.43. The zero-order valence-electron chi connectivity index (χ0n) is 15.9. The highest BCUT2D eigenvalue weighted by molar-refractivity contribution is 5.67. The van der Waals surface area contributed by atoms with Crippen molar-refractivity contribution in [3.05, 3.63) is 35.5 Å². The van der Waals surface area contributed by atoms with Crippen LogP contribution in [0.25, 0.3) is 11.4 Å². The van der Waals surface area contributed by atoms with Gasteiger partial charge in [-0.3, -0.25) is 4.79 Å². The van der Waals surface area contributed by atoms with Gasteiger partial charge in [0, 0.05) is 37.3 Å². The standard InChI is InChI=1S/C20H23F2N3O3/c1-12-8-17(28-11-13-5-6-13)24-20(23-12)14-9-15(21)19(16(22)10-14)25(2)7-3-4-18(26)27/h8-10,13H,3-7,11H2,1-2H3,(H,26,27). The van der Waals surface area contributed by atoms with E-state index in [1.165, 1.54) is 24.1 Å². The summed E-state index contributed by atoms with van der Waals surface area (Å²) < 4.78 is 34.9. The monoisotopic (exact) mass is 391 g/mol. The molecule has 0 spiro atoms. The number of carboxylic acids is 1. The number of halogens is 2. The molecule has 0 radical (unpaired) electrons. The lowest BCUT2D eigenvalue weighted by molar-refractivity contribution is -0.137. The summed E-state index contributed by atoms with van der Waals surface area (Å²) in [6.45, 7) is 2.57. The van der Waals surface area contributed by atoms with E-state index in [0.29, 0.717) is 24.1 Å². The Balaban J connectivity index is 1.80. The summed E-state index contributed by atoms with van der Waals surface area (Å²) in [6.07, 6.45) is 2.52. The zero-order valence-corrected chi connectivity index (χ0v) is 15.9. The first-order valence-corrected chi connectivity index (χ1v) is 9.24. The number of hydrogen-bond donors (Lipinski definition) is 1. The molecule has 3 rings (SSSR count). The molecule has 1 heterocycles. The van der Waals surface area contributed by atoms with Crippen molar-refractivity contribution < 1.29 is 23.4 Å². The maximum atomic E-state index is 14.6. The third-order valence-electron chi connectivity index (χ3n) is 4.54. The van der Waals surface area contributed by atoms with E-state index in [1.807, 2.05) is 0 Å². The molecule has 1 aromatic heterocycles. The Morgan fingerprint density at radius 2 is 1.93 bits per heavy atom. The lowest BCUT2D eigenvalue weighted by Crippen LogP contribution is -2.22. The Bertz CT molecular complexity index is 849. The molecule has 1 aliphatic carbocycles. The number of carboxylic acid groups (broad SMARTS) is 1. The first kappa shape index (κ1) is 20.0. The summed E-state index contributed by atoms with van der Waals surface area (Å²) >= 11 is 0. The predicted molar refractivity (Wildman–Crippen MR) is 100 cm³/mol. The molecule has 0 amide bonds. The second-order valence-corrected chi connectivity index (χ2v) is 7.13. The SMILES string of the molecule is Cc1cc(OCC2CC2)nc(-c2cc(F)c(N(C)CCCC(=O)O)c(F)c2)n1. The highest BCUT2D eigenvalue weighted by Gasteiger charge is 2.22. The van der Waals surface area contributed by atoms with Gasteiger partial charge < -0.3 is 14.7 Å². The van der Waals surface area contributed by atoms with Crippen LogP contribution in [0.2, 0.25) is 0 Å². The van der Waals surface area contributed by atoms with Crippen molar-refractivity contribution >= 4 is 11.7 Å². The summed E-state index contributed by atoms with van der Waals surface area (Å²) in [7, 11) is 1.52. The van der Waals surface area contributed by atoms with Crippen LogP contribution in [-0.4, -0.2) is 41.2 Å². The smallest absolute Gasteiger partial charge is 0.303 e. The first-order chi connectivity index (χ1) is 13.3. The van der Waals surface area contributed by atoms with Crippen LogP contribution in [0.3, 0.4) is 0 Å². The van der Waals surface area contributed by atoms with Crippen LogP contribution >= 0.6 is 0 Å². The number of anilines is 1. The Hall–Kier alpha value is -2.77. The van der Waals surface area contributed by atoms with Gasteiger partial charge in [0.05, 0.1) is 6.61 Å². The summed E-state index contributed by atoms with van der Waals surface area (Å²) in [4.78, 5) is 20.5. The highest BCUT2D eigenvalue weighted by Crippen LogP contribution is 2.31. The van der Waals surface area contributed by atoms with Gasteiger partial charge in [0.25, 0.3) is 0 Å². The minimum Gasteiger partial charge on any atom is -0.481 e. The first-order valence-electron chi connectivity index (χ1n) is 9.24. The molecule has 1 saturated carbocycles. The molecular formula is C20H23F2N3O3. The van der Waals surface area contributed by atoms with Gasteiger partial charge in [-0.1, -0.05) is 0 Å². The molecule has 150 valence electrons. The molecule has 2 aromatic rings. The number of nitrogens with zero attached hydrogens (tertiary/aromatic N) is 3. The van der Waals surface area contributed by atoms with Crippen LogP contribution < -0.4 is 9.64 Å². The quantitative estimate of drug-likeness (QED) is 0.700. The van der Waals surface area contributed by atoms with Crippen LogP contribution in [0.4, 0.5) is 14.5 Å². The molecule has 1 aliphatic rings. The molecule has 28 heavy (non-hydrogen) atoms. The van der Waals surface area contributed by atoms with Gasteiger partial charge in [-0.2, -0.15) is 4.98 Å². The Labute approximate surface area is 162 Å². The topological polar surface area (TPSA) is 75.5 Å². The molecule has 0 aliphatic heterocycles. The van der Waals surface area contributed by atoms with E-state index in [2.05, 4.69) is 9.97 Å². The number of ether oxygens (including phenoxy) is 1. The van der Waals surface area contributed by atoms with E-state index >= 15 is 0 Å². The van der Waals surface area contributed by atoms with Crippen molar-refractivity contribution in [2.45, 2.75) is 32.6 Å². The molecule has 8 heteroatoms. The summed E-state index contributed by atoms with van der Waals surface area (Å²) in [5.41, 5.74) is 0.663. The molecule has 1 fully saturated rings. The van der Waals surface area contributed by atoms with Gasteiger partial charge in [0.2, 0.25) is 5.88 Å². The molecule has 0 bridgehead atoms. The van der Waals surface area contributed by atoms with Crippen molar-refractivity contribution in [3.8, 4) is 17.3 Å². The van der Waals surface area contributed by atoms with Gasteiger partial charge in [-0.15, -0.1) is 0 Å². The molecule has 6 nitrogen and oxygen atoms in total. The van der Waals surface area contributed by atoms with E-state index in [0.717, 1.165) is 12.8 Å². The zero-order chi connectivity index (χ0) is 20.3. The number of aryl methyl sites for hydroxylation is 1. The van der Waals surface area contributed by atoms with Crippen LogP contribution in [0.5, 0.6) is 5.88 Å². The second kappa shape index (κ2) is 8.50. The van der Waals surface area contributed by atoms with Crippen LogP contribution in [0.1, 0.15) is 31.4 Å². The molecule has 0 saturated heterocycles. The van der Waals surface area contributed by atoms with E-state index in [1.54, 1.807) is 13.0 Å². The molecule has 1 aromatic carbocycles. The number of aromatic nitrogens is 2. The van der Waals surface area contributed by atoms with Gasteiger partial charge in [-0.05, 0) is 44.2 Å². The maximum Gasteiger partial charge on any atom is 0.303 e. The Kier molecular flexibility index (Phi) is 6.06.